The van der Waals surface area contributed by atoms with Gasteiger partial charge in [0.25, 0.3) is 0 Å². The molecule has 0 aliphatic carbocycles. The summed E-state index contributed by atoms with van der Waals surface area (Å²) in [6, 6.07) is 21.9. The molecule has 1 aliphatic heterocycles. The predicted octanol–water partition coefficient (Wildman–Crippen LogP) is 1.80. The molecular formula is C41H57N7O8S2. The number of likely N-dealkylation sites (tertiary alicyclic amines) is 1. The van der Waals surface area contributed by atoms with Crippen molar-refractivity contribution in [3.05, 3.63) is 96.1 Å². The van der Waals surface area contributed by atoms with Crippen LogP contribution in [0, 0.1) is 5.41 Å². The van der Waals surface area contributed by atoms with Gasteiger partial charge in [0.2, 0.25) is 43.7 Å². The van der Waals surface area contributed by atoms with E-state index in [2.05, 4.69) is 25.4 Å². The molecule has 1 heterocycles. The third-order valence-electron chi connectivity index (χ3n) is 10.0. The Hall–Kier alpha value is -4.68. The van der Waals surface area contributed by atoms with Crippen LogP contribution < -0.4 is 25.4 Å². The van der Waals surface area contributed by atoms with Crippen LogP contribution >= 0.6 is 0 Å². The van der Waals surface area contributed by atoms with E-state index in [-0.39, 0.29) is 40.7 Å². The Balaban J connectivity index is 1.43. The summed E-state index contributed by atoms with van der Waals surface area (Å²) < 4.78 is 57.6. The molecule has 4 amide bonds. The summed E-state index contributed by atoms with van der Waals surface area (Å²) in [4.78, 5) is 55.7. The molecule has 1 saturated heterocycles. The van der Waals surface area contributed by atoms with E-state index in [1.165, 1.54) is 23.1 Å². The Morgan fingerprint density at radius 2 is 1.38 bits per heavy atom. The maximum absolute atomic E-state index is 14.1. The molecular weight excluding hydrogens is 783 g/mol. The molecule has 15 nitrogen and oxygen atoms in total. The molecule has 0 spiro atoms. The fraction of sp³-hybridized carbons (Fsp3) is 0.463. The van der Waals surface area contributed by atoms with Crippen LogP contribution in [-0.4, -0.2) is 115 Å². The molecule has 58 heavy (non-hydrogen) atoms. The Bertz CT molecular complexity index is 2080. The quantitative estimate of drug-likeness (QED) is 0.113. The van der Waals surface area contributed by atoms with Crippen LogP contribution in [0.2, 0.25) is 0 Å². The molecule has 1 aliphatic rings. The summed E-state index contributed by atoms with van der Waals surface area (Å²) in [5.74, 6) is -1.65. The van der Waals surface area contributed by atoms with Crippen molar-refractivity contribution < 1.29 is 36.0 Å². The van der Waals surface area contributed by atoms with Crippen LogP contribution in [-0.2, 0) is 52.1 Å². The second kappa shape index (κ2) is 20.8. The number of carbonyl (C=O) groups excluding carboxylic acids is 4. The van der Waals surface area contributed by atoms with Crippen molar-refractivity contribution in [2.45, 2.75) is 81.3 Å². The number of benzene rings is 3. The number of hydrogen-bond acceptors (Lipinski definition) is 9. The Morgan fingerprint density at radius 1 is 0.810 bits per heavy atom. The van der Waals surface area contributed by atoms with Crippen LogP contribution in [0.5, 0.6) is 0 Å². The molecule has 316 valence electrons. The number of nitrogens with one attached hydrogen (secondary N) is 5. The fourth-order valence-corrected chi connectivity index (χ4v) is 8.59. The van der Waals surface area contributed by atoms with E-state index in [9.17, 15) is 36.0 Å². The van der Waals surface area contributed by atoms with Crippen molar-refractivity contribution in [2.24, 2.45) is 5.41 Å². The van der Waals surface area contributed by atoms with E-state index in [0.29, 0.717) is 38.8 Å². The zero-order chi connectivity index (χ0) is 42.5. The third kappa shape index (κ3) is 13.4. The topological polar surface area (TPSA) is 203 Å². The normalized spacial score (nSPS) is 15.7. The van der Waals surface area contributed by atoms with Crippen molar-refractivity contribution in [3.8, 4) is 0 Å². The van der Waals surface area contributed by atoms with Crippen LogP contribution in [0.3, 0.4) is 0 Å². The summed E-state index contributed by atoms with van der Waals surface area (Å²) in [7, 11) is -7.01. The minimum absolute atomic E-state index is 0.135. The minimum Gasteiger partial charge on any atom is -0.355 e. The van der Waals surface area contributed by atoms with Gasteiger partial charge in [0.05, 0.1) is 28.9 Å². The molecule has 5 N–H and O–H groups in total. The number of amides is 4. The van der Waals surface area contributed by atoms with E-state index in [1.807, 2.05) is 81.4 Å². The highest BCUT2D eigenvalue weighted by Gasteiger charge is 2.41. The van der Waals surface area contributed by atoms with Crippen LogP contribution in [0.25, 0.3) is 0 Å². The lowest BCUT2D eigenvalue weighted by molar-refractivity contribution is -0.142. The standard InChI is InChI=1S/C41H57N7O8S2/c1-30(42-5)39(51)46-38(41(2,3)4)40(52)48-24-13-18-33(48)29-47(25-22-32-16-10-7-11-17-32)37(50)28-45-58(55,56)35-20-12-19-34(26-35)57(53,54)44-27-36(49)43-23-21-31-14-8-6-9-15-31/h6-12,14-17,19-20,26,30,33,38,42,44-45H,13,18,21-25,27-29H2,1-5H3,(H,43,49)(H,46,51)/t30-,33?,38+/m0/s1. The highest BCUT2D eigenvalue weighted by molar-refractivity contribution is 7.90. The van der Waals surface area contributed by atoms with E-state index in [0.717, 1.165) is 17.2 Å². The molecule has 3 aromatic carbocycles. The van der Waals surface area contributed by atoms with E-state index >= 15 is 0 Å². The molecule has 0 saturated carbocycles. The number of sulfonamides is 2. The summed E-state index contributed by atoms with van der Waals surface area (Å²) >= 11 is 0. The van der Waals surface area contributed by atoms with Gasteiger partial charge in [-0.1, -0.05) is 87.5 Å². The van der Waals surface area contributed by atoms with Crippen molar-refractivity contribution in [1.29, 1.82) is 0 Å². The maximum atomic E-state index is 14.1. The Labute approximate surface area is 342 Å². The number of likely N-dealkylation sites (N-methyl/N-ethyl adjacent to an activating group) is 1. The lowest BCUT2D eigenvalue weighted by atomic mass is 9.85. The van der Waals surface area contributed by atoms with Gasteiger partial charge in [-0.3, -0.25) is 19.2 Å². The summed E-state index contributed by atoms with van der Waals surface area (Å²) in [6.45, 7) is 7.27. The molecule has 0 bridgehead atoms. The van der Waals surface area contributed by atoms with Gasteiger partial charge in [-0.15, -0.1) is 0 Å². The number of rotatable bonds is 20. The van der Waals surface area contributed by atoms with E-state index in [1.54, 1.807) is 18.9 Å². The van der Waals surface area contributed by atoms with Gasteiger partial charge < -0.3 is 25.8 Å². The molecule has 0 radical (unpaired) electrons. The second-order valence-corrected chi connectivity index (χ2v) is 19.0. The number of carbonyl (C=O) groups is 4. The van der Waals surface area contributed by atoms with Gasteiger partial charge in [0.1, 0.15) is 6.04 Å². The van der Waals surface area contributed by atoms with Crippen molar-refractivity contribution in [1.82, 2.24) is 35.2 Å². The zero-order valence-electron chi connectivity index (χ0n) is 33.9. The lowest BCUT2D eigenvalue weighted by Crippen LogP contribution is -2.59. The Kier molecular flexibility index (Phi) is 16.5. The first kappa shape index (κ1) is 46.0. The molecule has 1 unspecified atom stereocenters. The third-order valence-corrected chi connectivity index (χ3v) is 12.8. The summed E-state index contributed by atoms with van der Waals surface area (Å²) in [5, 5.41) is 8.46. The van der Waals surface area contributed by atoms with Gasteiger partial charge in [-0.25, -0.2) is 26.3 Å². The fourth-order valence-electron chi connectivity index (χ4n) is 6.47. The van der Waals surface area contributed by atoms with E-state index in [4.69, 9.17) is 0 Å². The van der Waals surface area contributed by atoms with Gasteiger partial charge in [-0.2, -0.15) is 0 Å². The van der Waals surface area contributed by atoms with Gasteiger partial charge in [0, 0.05) is 32.2 Å². The first-order valence-corrected chi connectivity index (χ1v) is 22.4. The predicted molar refractivity (Wildman–Crippen MR) is 221 cm³/mol. The highest BCUT2D eigenvalue weighted by atomic mass is 32.2. The molecule has 3 atom stereocenters. The summed E-state index contributed by atoms with van der Waals surface area (Å²) in [6.07, 6.45) is 2.33. The molecule has 4 rings (SSSR count). The minimum atomic E-state index is -4.39. The van der Waals surface area contributed by atoms with E-state index < -0.39 is 62.4 Å². The van der Waals surface area contributed by atoms with Crippen LogP contribution in [0.15, 0.2) is 94.7 Å². The lowest BCUT2D eigenvalue weighted by Gasteiger charge is -2.37. The number of hydrogen-bond donors (Lipinski definition) is 5. The molecule has 3 aromatic rings. The smallest absolute Gasteiger partial charge is 0.246 e. The highest BCUT2D eigenvalue weighted by Crippen LogP contribution is 2.27. The van der Waals surface area contributed by atoms with Crippen LogP contribution in [0.1, 0.15) is 51.7 Å². The SMILES string of the molecule is CN[C@@H](C)C(=O)N[C@H](C(=O)N1CCCC1CN(CCc1ccccc1)C(=O)CNS(=O)(=O)c1cccc(S(=O)(=O)NCC(=O)NCCc2ccccc2)c1)C(C)(C)C. The summed E-state index contributed by atoms with van der Waals surface area (Å²) in [5.41, 5.74) is 1.36. The first-order valence-electron chi connectivity index (χ1n) is 19.4. The van der Waals surface area contributed by atoms with Crippen molar-refractivity contribution >= 4 is 43.7 Å². The maximum Gasteiger partial charge on any atom is 0.246 e. The van der Waals surface area contributed by atoms with Gasteiger partial charge >= 0.3 is 0 Å². The first-order chi connectivity index (χ1) is 27.4. The van der Waals surface area contributed by atoms with Gasteiger partial charge in [-0.05, 0) is 74.4 Å². The second-order valence-electron chi connectivity index (χ2n) is 15.4. The Morgan fingerprint density at radius 3 is 1.95 bits per heavy atom. The number of nitrogens with zero attached hydrogens (tertiary/aromatic N) is 2. The van der Waals surface area contributed by atoms with Crippen molar-refractivity contribution in [3.63, 3.8) is 0 Å². The zero-order valence-corrected chi connectivity index (χ0v) is 35.5. The molecule has 17 heteroatoms. The molecule has 1 fully saturated rings. The largest absolute Gasteiger partial charge is 0.355 e. The average Bonchev–Trinajstić information content (AvgIpc) is 3.68. The molecule has 0 aromatic heterocycles. The van der Waals surface area contributed by atoms with Gasteiger partial charge in [0.15, 0.2) is 0 Å². The monoisotopic (exact) mass is 839 g/mol. The average molecular weight is 840 g/mol. The van der Waals surface area contributed by atoms with Crippen LogP contribution in [0.4, 0.5) is 0 Å². The van der Waals surface area contributed by atoms with Crippen molar-refractivity contribution in [2.75, 3.05) is 46.3 Å².